The first-order valence-corrected chi connectivity index (χ1v) is 8.36. The van der Waals surface area contributed by atoms with Crippen molar-refractivity contribution in [2.24, 2.45) is 5.10 Å². The molecule has 1 heterocycles. The Hall–Kier alpha value is -3.74. The van der Waals surface area contributed by atoms with E-state index >= 15 is 0 Å². The molecule has 3 rings (SSSR count). The Morgan fingerprint density at radius 3 is 2.44 bits per heavy atom. The van der Waals surface area contributed by atoms with Crippen LogP contribution in [0.3, 0.4) is 0 Å². The molecule has 0 unspecified atom stereocenters. The van der Waals surface area contributed by atoms with E-state index in [4.69, 9.17) is 0 Å². The molecule has 1 aromatic heterocycles. The smallest absolute Gasteiger partial charge is 0.287 e. The molecular formula is C20H19N5O2. The number of hydrogen-bond donors (Lipinski definition) is 3. The summed E-state index contributed by atoms with van der Waals surface area (Å²) >= 11 is 0. The number of hydrazone groups is 1. The summed E-state index contributed by atoms with van der Waals surface area (Å²) in [5.41, 5.74) is 5.39. The number of nitrogens with one attached hydrogen (secondary N) is 3. The lowest BCUT2D eigenvalue weighted by molar-refractivity contribution is -0.117. The Morgan fingerprint density at radius 2 is 1.74 bits per heavy atom. The Morgan fingerprint density at radius 1 is 1.04 bits per heavy atom. The van der Waals surface area contributed by atoms with Crippen LogP contribution in [0.25, 0.3) is 11.0 Å². The van der Waals surface area contributed by atoms with Crippen molar-refractivity contribution in [3.63, 3.8) is 0 Å². The monoisotopic (exact) mass is 361 g/mol. The zero-order chi connectivity index (χ0) is 19.2. The summed E-state index contributed by atoms with van der Waals surface area (Å²) in [5, 5.41) is 6.55. The molecule has 7 heteroatoms. The summed E-state index contributed by atoms with van der Waals surface area (Å²) < 4.78 is 0. The third-order valence-corrected chi connectivity index (χ3v) is 3.76. The summed E-state index contributed by atoms with van der Waals surface area (Å²) in [4.78, 5) is 32.1. The first kappa shape index (κ1) is 18.1. The van der Waals surface area contributed by atoms with Crippen molar-refractivity contribution in [1.82, 2.24) is 20.7 Å². The molecule has 0 bridgehead atoms. The van der Waals surface area contributed by atoms with Crippen LogP contribution >= 0.6 is 0 Å². The van der Waals surface area contributed by atoms with Gasteiger partial charge in [0.15, 0.2) is 5.82 Å². The highest BCUT2D eigenvalue weighted by molar-refractivity contribution is 6.03. The second-order valence-corrected chi connectivity index (χ2v) is 6.03. The highest BCUT2D eigenvalue weighted by atomic mass is 16.2. The number of fused-ring (bicyclic) bond motifs is 1. The molecule has 0 aliphatic rings. The SMILES string of the molecule is CC(C)=C(NC(=O)c1ccccc1)C(=O)N/N=C/c1nc2ccccc2[nH]1. The van der Waals surface area contributed by atoms with Gasteiger partial charge in [-0.25, -0.2) is 10.4 Å². The number of amides is 2. The van der Waals surface area contributed by atoms with E-state index < -0.39 is 5.91 Å². The number of rotatable bonds is 5. The fourth-order valence-electron chi connectivity index (χ4n) is 2.43. The van der Waals surface area contributed by atoms with E-state index in [0.717, 1.165) is 11.0 Å². The highest BCUT2D eigenvalue weighted by Gasteiger charge is 2.15. The number of allylic oxidation sites excluding steroid dienone is 1. The van der Waals surface area contributed by atoms with Crippen LogP contribution in [0, 0.1) is 0 Å². The van der Waals surface area contributed by atoms with E-state index in [1.54, 1.807) is 38.1 Å². The molecule has 0 fully saturated rings. The standard InChI is InChI=1S/C20H19N5O2/c1-13(2)18(24-19(26)14-8-4-3-5-9-14)20(27)25-21-12-17-22-15-10-6-7-11-16(15)23-17/h3-12H,1-2H3,(H,22,23)(H,24,26)(H,25,27)/b21-12+. The first-order chi connectivity index (χ1) is 13.0. The molecule has 7 nitrogen and oxygen atoms in total. The van der Waals surface area contributed by atoms with Gasteiger partial charge in [-0.3, -0.25) is 9.59 Å². The maximum Gasteiger partial charge on any atom is 0.287 e. The number of aromatic nitrogens is 2. The van der Waals surface area contributed by atoms with Gasteiger partial charge in [0.2, 0.25) is 0 Å². The van der Waals surface area contributed by atoms with E-state index in [1.807, 2.05) is 30.3 Å². The highest BCUT2D eigenvalue weighted by Crippen LogP contribution is 2.09. The van der Waals surface area contributed by atoms with Gasteiger partial charge in [-0.05, 0) is 43.7 Å². The van der Waals surface area contributed by atoms with E-state index in [2.05, 4.69) is 25.8 Å². The Kier molecular flexibility index (Phi) is 5.41. The maximum absolute atomic E-state index is 12.4. The van der Waals surface area contributed by atoms with Gasteiger partial charge in [0, 0.05) is 5.56 Å². The number of H-pyrrole nitrogens is 1. The van der Waals surface area contributed by atoms with Crippen LogP contribution in [0.1, 0.15) is 30.0 Å². The minimum atomic E-state index is -0.508. The molecule has 0 radical (unpaired) electrons. The van der Waals surface area contributed by atoms with Crippen LogP contribution in [-0.2, 0) is 4.79 Å². The number of imidazole rings is 1. The minimum absolute atomic E-state index is 0.158. The predicted molar refractivity (Wildman–Crippen MR) is 104 cm³/mol. The van der Waals surface area contributed by atoms with Crippen molar-refractivity contribution < 1.29 is 9.59 Å². The molecule has 0 spiro atoms. The number of para-hydroxylation sites is 2. The van der Waals surface area contributed by atoms with Gasteiger partial charge >= 0.3 is 0 Å². The average molecular weight is 361 g/mol. The fraction of sp³-hybridized carbons (Fsp3) is 0.100. The molecule has 0 atom stereocenters. The Labute approximate surface area is 156 Å². The molecule has 0 aliphatic carbocycles. The van der Waals surface area contributed by atoms with Gasteiger partial charge in [0.1, 0.15) is 5.70 Å². The van der Waals surface area contributed by atoms with Gasteiger partial charge in [-0.15, -0.1) is 0 Å². The predicted octanol–water partition coefficient (Wildman–Crippen LogP) is 2.74. The molecule has 2 aromatic carbocycles. The van der Waals surface area contributed by atoms with Gasteiger partial charge in [-0.1, -0.05) is 30.3 Å². The number of aromatic amines is 1. The number of carbonyl (C=O) groups is 2. The topological polar surface area (TPSA) is 99.2 Å². The summed E-state index contributed by atoms with van der Waals surface area (Å²) in [6.45, 7) is 3.48. The third-order valence-electron chi connectivity index (χ3n) is 3.76. The molecule has 2 amide bonds. The van der Waals surface area contributed by atoms with Crippen LogP contribution in [0.5, 0.6) is 0 Å². The summed E-state index contributed by atoms with van der Waals surface area (Å²) in [6.07, 6.45) is 1.42. The van der Waals surface area contributed by atoms with E-state index in [1.165, 1.54) is 6.21 Å². The van der Waals surface area contributed by atoms with Gasteiger partial charge in [0.25, 0.3) is 11.8 Å². The molecule has 3 aromatic rings. The number of nitrogens with zero attached hydrogens (tertiary/aromatic N) is 2. The summed E-state index contributed by atoms with van der Waals surface area (Å²) in [5.74, 6) is -0.349. The maximum atomic E-state index is 12.4. The molecular weight excluding hydrogens is 342 g/mol. The second-order valence-electron chi connectivity index (χ2n) is 6.03. The normalized spacial score (nSPS) is 10.7. The van der Waals surface area contributed by atoms with Crippen molar-refractivity contribution in [2.75, 3.05) is 0 Å². The molecule has 136 valence electrons. The lowest BCUT2D eigenvalue weighted by Crippen LogP contribution is -2.33. The molecule has 27 heavy (non-hydrogen) atoms. The van der Waals surface area contributed by atoms with Crippen LogP contribution in [0.15, 0.2) is 71.0 Å². The Bertz CT molecular complexity index is 998. The number of carbonyl (C=O) groups excluding carboxylic acids is 2. The largest absolute Gasteiger partial charge is 0.337 e. The van der Waals surface area contributed by atoms with Crippen LogP contribution in [0.4, 0.5) is 0 Å². The number of hydrogen-bond acceptors (Lipinski definition) is 4. The van der Waals surface area contributed by atoms with Crippen molar-refractivity contribution in [2.45, 2.75) is 13.8 Å². The van der Waals surface area contributed by atoms with Crippen molar-refractivity contribution in [1.29, 1.82) is 0 Å². The lowest BCUT2D eigenvalue weighted by atomic mass is 10.2. The average Bonchev–Trinajstić information content (AvgIpc) is 3.09. The van der Waals surface area contributed by atoms with E-state index in [0.29, 0.717) is 17.0 Å². The molecule has 0 aliphatic heterocycles. The fourth-order valence-corrected chi connectivity index (χ4v) is 2.43. The first-order valence-electron chi connectivity index (χ1n) is 8.36. The number of benzene rings is 2. The van der Waals surface area contributed by atoms with E-state index in [-0.39, 0.29) is 11.6 Å². The second kappa shape index (κ2) is 8.09. The summed E-state index contributed by atoms with van der Waals surface area (Å²) in [7, 11) is 0. The van der Waals surface area contributed by atoms with Gasteiger partial charge < -0.3 is 10.3 Å². The molecule has 0 saturated heterocycles. The lowest BCUT2D eigenvalue weighted by Gasteiger charge is -2.10. The van der Waals surface area contributed by atoms with Gasteiger partial charge in [0.05, 0.1) is 17.2 Å². The van der Waals surface area contributed by atoms with Crippen LogP contribution < -0.4 is 10.7 Å². The molecule has 3 N–H and O–H groups in total. The van der Waals surface area contributed by atoms with Crippen LogP contribution in [0.2, 0.25) is 0 Å². The summed E-state index contributed by atoms with van der Waals surface area (Å²) in [6, 6.07) is 16.3. The van der Waals surface area contributed by atoms with Crippen molar-refractivity contribution in [3.8, 4) is 0 Å². The van der Waals surface area contributed by atoms with Gasteiger partial charge in [-0.2, -0.15) is 5.10 Å². The molecule has 0 saturated carbocycles. The quantitative estimate of drug-likeness (QED) is 0.370. The third kappa shape index (κ3) is 4.46. The Balaban J connectivity index is 1.67. The zero-order valence-electron chi connectivity index (χ0n) is 15.0. The van der Waals surface area contributed by atoms with E-state index in [9.17, 15) is 9.59 Å². The zero-order valence-corrected chi connectivity index (χ0v) is 15.0. The van der Waals surface area contributed by atoms with Crippen molar-refractivity contribution in [3.05, 3.63) is 77.3 Å². The van der Waals surface area contributed by atoms with Crippen molar-refractivity contribution >= 4 is 29.1 Å². The minimum Gasteiger partial charge on any atom is -0.337 e. The van der Waals surface area contributed by atoms with Crippen LogP contribution in [-0.4, -0.2) is 28.0 Å².